The second kappa shape index (κ2) is 6.19. The maximum atomic E-state index is 10.8. The summed E-state index contributed by atoms with van der Waals surface area (Å²) >= 11 is 0. The van der Waals surface area contributed by atoms with Crippen molar-refractivity contribution in [3.05, 3.63) is 36.2 Å². The maximum Gasteiger partial charge on any atom is 0.337 e. The number of aromatic nitrogens is 1. The first kappa shape index (κ1) is 12.6. The molecule has 18 heavy (non-hydrogen) atoms. The van der Waals surface area contributed by atoms with Gasteiger partial charge in [-0.05, 0) is 37.8 Å². The first-order valence-corrected chi connectivity index (χ1v) is 6.27. The molecule has 0 radical (unpaired) electrons. The van der Waals surface area contributed by atoms with Crippen LogP contribution in [0, 0.1) is 0 Å². The highest BCUT2D eigenvalue weighted by molar-refractivity contribution is 5.87. The number of pyridine rings is 1. The van der Waals surface area contributed by atoms with Gasteiger partial charge in [-0.1, -0.05) is 12.5 Å². The van der Waals surface area contributed by atoms with Crippen LogP contribution >= 0.6 is 0 Å². The molecule has 0 saturated heterocycles. The van der Waals surface area contributed by atoms with Crippen molar-refractivity contribution in [2.24, 2.45) is 0 Å². The lowest BCUT2D eigenvalue weighted by Crippen LogP contribution is -2.15. The van der Waals surface area contributed by atoms with Crippen molar-refractivity contribution in [2.75, 3.05) is 0 Å². The molecule has 0 saturated carbocycles. The predicted molar refractivity (Wildman–Crippen MR) is 67.8 cm³/mol. The summed E-state index contributed by atoms with van der Waals surface area (Å²) < 4.78 is 5.77. The Morgan fingerprint density at radius 1 is 1.33 bits per heavy atom. The van der Waals surface area contributed by atoms with E-state index >= 15 is 0 Å². The molecule has 1 aliphatic rings. The fraction of sp³-hybridized carbons (Fsp3) is 0.429. The molecule has 0 bridgehead atoms. The van der Waals surface area contributed by atoms with Crippen molar-refractivity contribution in [1.29, 1.82) is 0 Å². The molecule has 4 nitrogen and oxygen atoms in total. The van der Waals surface area contributed by atoms with Crippen molar-refractivity contribution in [2.45, 2.75) is 38.2 Å². The molecule has 1 aliphatic carbocycles. The quantitative estimate of drug-likeness (QED) is 0.834. The predicted octanol–water partition coefficient (Wildman–Crippen LogP) is 3.05. The zero-order chi connectivity index (χ0) is 12.8. The molecular weight excluding hydrogens is 230 g/mol. The van der Waals surface area contributed by atoms with Crippen LogP contribution in [-0.4, -0.2) is 22.2 Å². The minimum atomic E-state index is -0.985. The Labute approximate surface area is 106 Å². The largest absolute Gasteiger partial charge is 0.485 e. The summed E-state index contributed by atoms with van der Waals surface area (Å²) in [6.07, 6.45) is 12.8. The van der Waals surface area contributed by atoms with E-state index in [4.69, 9.17) is 9.84 Å². The SMILES string of the molecule is O=C(O)c1cncc(OC2/C=C/CCCCC2)c1. The van der Waals surface area contributed by atoms with E-state index in [0.717, 1.165) is 19.3 Å². The summed E-state index contributed by atoms with van der Waals surface area (Å²) in [6.45, 7) is 0. The van der Waals surface area contributed by atoms with Crippen molar-refractivity contribution in [3.8, 4) is 5.75 Å². The van der Waals surface area contributed by atoms with Gasteiger partial charge < -0.3 is 9.84 Å². The van der Waals surface area contributed by atoms with E-state index in [1.165, 1.54) is 25.1 Å². The number of aromatic carboxylic acids is 1. The molecule has 0 aromatic carbocycles. The van der Waals surface area contributed by atoms with Gasteiger partial charge in [-0.15, -0.1) is 0 Å². The molecule has 1 aromatic heterocycles. The lowest BCUT2D eigenvalue weighted by molar-refractivity contribution is 0.0695. The molecule has 4 heteroatoms. The van der Waals surface area contributed by atoms with E-state index in [2.05, 4.69) is 17.1 Å². The highest BCUT2D eigenvalue weighted by atomic mass is 16.5. The zero-order valence-corrected chi connectivity index (χ0v) is 10.2. The molecule has 0 spiro atoms. The summed E-state index contributed by atoms with van der Waals surface area (Å²) in [5.41, 5.74) is 0.155. The van der Waals surface area contributed by atoms with Crippen LogP contribution in [0.4, 0.5) is 0 Å². The smallest absolute Gasteiger partial charge is 0.337 e. The number of hydrogen-bond donors (Lipinski definition) is 1. The normalized spacial score (nSPS) is 21.7. The van der Waals surface area contributed by atoms with Gasteiger partial charge in [0.15, 0.2) is 0 Å². The summed E-state index contributed by atoms with van der Waals surface area (Å²) in [5.74, 6) is -0.466. The van der Waals surface area contributed by atoms with Crippen molar-refractivity contribution >= 4 is 5.97 Å². The average molecular weight is 247 g/mol. The summed E-state index contributed by atoms with van der Waals surface area (Å²) in [6, 6.07) is 1.52. The summed E-state index contributed by atoms with van der Waals surface area (Å²) in [7, 11) is 0. The number of carboxylic acid groups (broad SMARTS) is 1. The number of allylic oxidation sites excluding steroid dienone is 1. The number of rotatable bonds is 3. The van der Waals surface area contributed by atoms with Crippen LogP contribution in [0.5, 0.6) is 5.75 Å². The van der Waals surface area contributed by atoms with Gasteiger partial charge in [0.25, 0.3) is 0 Å². The van der Waals surface area contributed by atoms with E-state index in [1.807, 2.05) is 0 Å². The maximum absolute atomic E-state index is 10.8. The number of carbonyl (C=O) groups is 1. The Morgan fingerprint density at radius 2 is 2.22 bits per heavy atom. The molecule has 0 fully saturated rings. The third kappa shape index (κ3) is 3.58. The van der Waals surface area contributed by atoms with Crippen LogP contribution in [-0.2, 0) is 0 Å². The molecule has 0 amide bonds. The van der Waals surface area contributed by atoms with Gasteiger partial charge >= 0.3 is 5.97 Å². The zero-order valence-electron chi connectivity index (χ0n) is 10.2. The Balaban J connectivity index is 2.05. The second-order valence-corrected chi connectivity index (χ2v) is 4.44. The molecule has 1 N–H and O–H groups in total. The third-order valence-electron chi connectivity index (χ3n) is 2.96. The Kier molecular flexibility index (Phi) is 4.34. The van der Waals surface area contributed by atoms with Crippen molar-refractivity contribution in [3.63, 3.8) is 0 Å². The highest BCUT2D eigenvalue weighted by Crippen LogP contribution is 2.19. The number of nitrogens with zero attached hydrogens (tertiary/aromatic N) is 1. The summed E-state index contributed by atoms with van der Waals surface area (Å²) in [5, 5.41) is 8.89. The van der Waals surface area contributed by atoms with Gasteiger partial charge in [-0.2, -0.15) is 0 Å². The Bertz CT molecular complexity index is 442. The first-order valence-electron chi connectivity index (χ1n) is 6.27. The molecule has 1 atom stereocenters. The standard InChI is InChI=1S/C14H17NO3/c16-14(17)11-8-13(10-15-9-11)18-12-6-4-2-1-3-5-7-12/h4,6,8-10,12H,1-3,5,7H2,(H,16,17)/b6-4+. The van der Waals surface area contributed by atoms with Gasteiger partial charge in [-0.25, -0.2) is 4.79 Å². The molecule has 2 rings (SSSR count). The van der Waals surface area contributed by atoms with Crippen LogP contribution in [0.15, 0.2) is 30.6 Å². The lowest BCUT2D eigenvalue weighted by Gasteiger charge is -2.17. The number of hydrogen-bond acceptors (Lipinski definition) is 3. The summed E-state index contributed by atoms with van der Waals surface area (Å²) in [4.78, 5) is 14.7. The van der Waals surface area contributed by atoms with Gasteiger partial charge in [0.2, 0.25) is 0 Å². The van der Waals surface area contributed by atoms with E-state index < -0.39 is 5.97 Å². The van der Waals surface area contributed by atoms with E-state index in [1.54, 1.807) is 6.20 Å². The third-order valence-corrected chi connectivity index (χ3v) is 2.96. The Hall–Kier alpha value is -1.84. The molecule has 1 heterocycles. The Morgan fingerprint density at radius 3 is 3.06 bits per heavy atom. The highest BCUT2D eigenvalue weighted by Gasteiger charge is 2.10. The average Bonchev–Trinajstić information content (AvgIpc) is 2.33. The van der Waals surface area contributed by atoms with Gasteiger partial charge in [0.1, 0.15) is 11.9 Å². The van der Waals surface area contributed by atoms with Crippen LogP contribution < -0.4 is 4.74 Å². The van der Waals surface area contributed by atoms with E-state index in [0.29, 0.717) is 5.75 Å². The van der Waals surface area contributed by atoms with E-state index in [9.17, 15) is 4.79 Å². The minimum Gasteiger partial charge on any atom is -0.485 e. The van der Waals surface area contributed by atoms with Crippen LogP contribution in [0.2, 0.25) is 0 Å². The van der Waals surface area contributed by atoms with Crippen LogP contribution in [0.1, 0.15) is 42.5 Å². The molecular formula is C14H17NO3. The molecule has 96 valence electrons. The minimum absolute atomic E-state index is 0.0242. The van der Waals surface area contributed by atoms with Crippen LogP contribution in [0.25, 0.3) is 0 Å². The lowest BCUT2D eigenvalue weighted by atomic mass is 10.0. The second-order valence-electron chi connectivity index (χ2n) is 4.44. The van der Waals surface area contributed by atoms with E-state index in [-0.39, 0.29) is 11.7 Å². The van der Waals surface area contributed by atoms with Crippen molar-refractivity contribution in [1.82, 2.24) is 4.98 Å². The molecule has 1 aromatic rings. The van der Waals surface area contributed by atoms with Gasteiger partial charge in [0.05, 0.1) is 11.8 Å². The van der Waals surface area contributed by atoms with Gasteiger partial charge in [0, 0.05) is 6.20 Å². The van der Waals surface area contributed by atoms with Crippen molar-refractivity contribution < 1.29 is 14.6 Å². The molecule has 1 unspecified atom stereocenters. The number of ether oxygens (including phenoxy) is 1. The first-order chi connectivity index (χ1) is 8.75. The van der Waals surface area contributed by atoms with Crippen LogP contribution in [0.3, 0.4) is 0 Å². The van der Waals surface area contributed by atoms with Gasteiger partial charge in [-0.3, -0.25) is 4.98 Å². The molecule has 0 aliphatic heterocycles. The monoisotopic (exact) mass is 247 g/mol. The topological polar surface area (TPSA) is 59.4 Å². The number of carboxylic acids is 1. The fourth-order valence-corrected chi connectivity index (χ4v) is 2.00. The fourth-order valence-electron chi connectivity index (χ4n) is 2.00.